The van der Waals surface area contributed by atoms with E-state index in [-0.39, 0.29) is 30.0 Å². The lowest BCUT2D eigenvalue weighted by Crippen LogP contribution is -2.42. The number of allylic oxidation sites excluding steroid dienone is 3. The summed E-state index contributed by atoms with van der Waals surface area (Å²) in [7, 11) is 0. The summed E-state index contributed by atoms with van der Waals surface area (Å²) in [4.78, 5) is 12.6. The SMILES string of the molecule is CCC(C)C(=O)OC1CC(C)C=C2C=CC(C)C(CCC3CC(O)CC(O)O3)C21. The Morgan fingerprint density at radius 2 is 2.00 bits per heavy atom. The van der Waals surface area contributed by atoms with Gasteiger partial charge in [-0.2, -0.15) is 0 Å². The van der Waals surface area contributed by atoms with Crippen molar-refractivity contribution in [2.75, 3.05) is 0 Å². The van der Waals surface area contributed by atoms with Crippen molar-refractivity contribution in [1.82, 2.24) is 0 Å². The molecule has 9 unspecified atom stereocenters. The maximum atomic E-state index is 12.6. The van der Waals surface area contributed by atoms with Crippen LogP contribution in [0.5, 0.6) is 0 Å². The quantitative estimate of drug-likeness (QED) is 0.653. The second-order valence-electron chi connectivity index (χ2n) is 9.49. The van der Waals surface area contributed by atoms with Crippen LogP contribution >= 0.6 is 0 Å². The molecule has 3 aliphatic rings. The zero-order chi connectivity index (χ0) is 21.1. The molecule has 29 heavy (non-hydrogen) atoms. The van der Waals surface area contributed by atoms with E-state index in [1.807, 2.05) is 13.8 Å². The van der Waals surface area contributed by atoms with E-state index >= 15 is 0 Å². The van der Waals surface area contributed by atoms with Gasteiger partial charge in [0.15, 0.2) is 6.29 Å². The molecule has 0 aromatic carbocycles. The third-order valence-electron chi connectivity index (χ3n) is 7.06. The first-order valence-corrected chi connectivity index (χ1v) is 11.4. The molecule has 0 aromatic heterocycles. The molecule has 164 valence electrons. The van der Waals surface area contributed by atoms with Gasteiger partial charge in [0, 0.05) is 12.3 Å². The predicted molar refractivity (Wildman–Crippen MR) is 112 cm³/mol. The Hall–Kier alpha value is -1.17. The van der Waals surface area contributed by atoms with E-state index < -0.39 is 12.4 Å². The highest BCUT2D eigenvalue weighted by atomic mass is 16.6. The van der Waals surface area contributed by atoms with Crippen molar-refractivity contribution >= 4 is 5.97 Å². The molecule has 1 saturated heterocycles. The molecule has 1 heterocycles. The molecule has 5 heteroatoms. The average Bonchev–Trinajstić information content (AvgIpc) is 2.65. The van der Waals surface area contributed by atoms with Crippen molar-refractivity contribution in [3.63, 3.8) is 0 Å². The van der Waals surface area contributed by atoms with Crippen LogP contribution in [-0.4, -0.2) is 40.8 Å². The minimum Gasteiger partial charge on any atom is -0.461 e. The third-order valence-corrected chi connectivity index (χ3v) is 7.06. The molecule has 0 bridgehead atoms. The molecular weight excluding hydrogens is 368 g/mol. The summed E-state index contributed by atoms with van der Waals surface area (Å²) in [6.07, 6.45) is 9.47. The number of esters is 1. The Morgan fingerprint density at radius 3 is 2.69 bits per heavy atom. The van der Waals surface area contributed by atoms with Crippen LogP contribution in [0.2, 0.25) is 0 Å². The van der Waals surface area contributed by atoms with E-state index in [0.29, 0.717) is 30.6 Å². The maximum absolute atomic E-state index is 12.6. The Bertz CT molecular complexity index is 617. The number of hydrogen-bond donors (Lipinski definition) is 2. The lowest BCUT2D eigenvalue weighted by atomic mass is 9.65. The first-order chi connectivity index (χ1) is 13.8. The van der Waals surface area contributed by atoms with Crippen LogP contribution in [0.4, 0.5) is 0 Å². The summed E-state index contributed by atoms with van der Waals surface area (Å²) in [5, 5.41) is 19.8. The molecule has 0 amide bonds. The van der Waals surface area contributed by atoms with Gasteiger partial charge in [-0.15, -0.1) is 0 Å². The van der Waals surface area contributed by atoms with Crippen LogP contribution in [0.1, 0.15) is 66.2 Å². The number of ether oxygens (including phenoxy) is 2. The fraction of sp³-hybridized carbons (Fsp3) is 0.792. The van der Waals surface area contributed by atoms with E-state index in [9.17, 15) is 15.0 Å². The van der Waals surface area contributed by atoms with Gasteiger partial charge in [0.1, 0.15) is 6.10 Å². The number of aliphatic hydroxyl groups is 2. The lowest BCUT2D eigenvalue weighted by molar-refractivity contribution is -0.191. The van der Waals surface area contributed by atoms with Crippen molar-refractivity contribution in [1.29, 1.82) is 0 Å². The van der Waals surface area contributed by atoms with Crippen molar-refractivity contribution < 1.29 is 24.5 Å². The van der Waals surface area contributed by atoms with Crippen molar-refractivity contribution in [3.8, 4) is 0 Å². The lowest BCUT2D eigenvalue weighted by Gasteiger charge is -2.43. The number of fused-ring (bicyclic) bond motifs is 1. The molecular formula is C24H38O5. The minimum absolute atomic E-state index is 0.0757. The maximum Gasteiger partial charge on any atom is 0.308 e. The fourth-order valence-electron chi connectivity index (χ4n) is 5.18. The summed E-state index contributed by atoms with van der Waals surface area (Å²) in [5.74, 6) is 1.17. The molecule has 0 saturated carbocycles. The Kier molecular flexibility index (Phi) is 7.58. The zero-order valence-corrected chi connectivity index (χ0v) is 18.3. The van der Waals surface area contributed by atoms with Gasteiger partial charge in [0.2, 0.25) is 0 Å². The molecule has 9 atom stereocenters. The van der Waals surface area contributed by atoms with Crippen LogP contribution in [0.15, 0.2) is 23.8 Å². The van der Waals surface area contributed by atoms with E-state index in [1.165, 1.54) is 5.57 Å². The van der Waals surface area contributed by atoms with Crippen LogP contribution in [-0.2, 0) is 14.3 Å². The Labute approximate surface area is 175 Å². The van der Waals surface area contributed by atoms with Gasteiger partial charge in [-0.1, -0.05) is 45.9 Å². The van der Waals surface area contributed by atoms with Crippen molar-refractivity contribution in [2.45, 2.75) is 90.8 Å². The fourth-order valence-corrected chi connectivity index (χ4v) is 5.18. The molecule has 0 spiro atoms. The normalized spacial score (nSPS) is 40.7. The van der Waals surface area contributed by atoms with Crippen LogP contribution in [0, 0.1) is 29.6 Å². The topological polar surface area (TPSA) is 76.0 Å². The second kappa shape index (κ2) is 9.76. The van der Waals surface area contributed by atoms with E-state index in [2.05, 4.69) is 32.1 Å². The highest BCUT2D eigenvalue weighted by Crippen LogP contribution is 2.45. The van der Waals surface area contributed by atoms with Gasteiger partial charge in [-0.3, -0.25) is 4.79 Å². The van der Waals surface area contributed by atoms with Crippen LogP contribution < -0.4 is 0 Å². The van der Waals surface area contributed by atoms with Crippen molar-refractivity contribution in [3.05, 3.63) is 23.8 Å². The van der Waals surface area contributed by atoms with E-state index in [0.717, 1.165) is 25.7 Å². The highest BCUT2D eigenvalue weighted by Gasteiger charge is 2.42. The van der Waals surface area contributed by atoms with E-state index in [1.54, 1.807) is 0 Å². The Balaban J connectivity index is 1.73. The van der Waals surface area contributed by atoms with Gasteiger partial charge < -0.3 is 19.7 Å². The molecule has 2 N–H and O–H groups in total. The molecule has 1 aliphatic heterocycles. The number of aliphatic hydroxyl groups excluding tert-OH is 2. The molecule has 1 fully saturated rings. The van der Waals surface area contributed by atoms with Gasteiger partial charge in [0.25, 0.3) is 0 Å². The number of carbonyl (C=O) groups excluding carboxylic acids is 1. The summed E-state index contributed by atoms with van der Waals surface area (Å²) in [5.41, 5.74) is 1.29. The number of hydrogen-bond acceptors (Lipinski definition) is 5. The first-order valence-electron chi connectivity index (χ1n) is 11.4. The predicted octanol–water partition coefficient (Wildman–Crippen LogP) is 3.99. The van der Waals surface area contributed by atoms with E-state index in [4.69, 9.17) is 9.47 Å². The number of rotatable bonds is 6. The van der Waals surface area contributed by atoms with Crippen molar-refractivity contribution in [2.24, 2.45) is 29.6 Å². The summed E-state index contributed by atoms with van der Waals surface area (Å²) < 4.78 is 11.7. The summed E-state index contributed by atoms with van der Waals surface area (Å²) >= 11 is 0. The van der Waals surface area contributed by atoms with Crippen LogP contribution in [0.3, 0.4) is 0 Å². The minimum atomic E-state index is -0.873. The van der Waals surface area contributed by atoms with Gasteiger partial charge in [-0.05, 0) is 55.4 Å². The van der Waals surface area contributed by atoms with Gasteiger partial charge in [0.05, 0.1) is 18.1 Å². The molecule has 3 rings (SSSR count). The molecule has 0 aromatic rings. The average molecular weight is 407 g/mol. The second-order valence-corrected chi connectivity index (χ2v) is 9.49. The number of carbonyl (C=O) groups is 1. The largest absolute Gasteiger partial charge is 0.461 e. The third kappa shape index (κ3) is 5.50. The molecule has 2 aliphatic carbocycles. The summed E-state index contributed by atoms with van der Waals surface area (Å²) in [6, 6.07) is 0. The Morgan fingerprint density at radius 1 is 1.24 bits per heavy atom. The standard InChI is InChI=1S/C24H38O5/c1-5-15(3)24(27)29-21-11-14(2)10-17-7-6-16(4)20(23(17)21)9-8-19-12-18(25)13-22(26)28-19/h6-7,10,14-16,18-23,25-26H,5,8-9,11-13H2,1-4H3. The van der Waals surface area contributed by atoms with Crippen LogP contribution in [0.25, 0.3) is 0 Å². The molecule has 0 radical (unpaired) electrons. The first kappa shape index (κ1) is 22.5. The zero-order valence-electron chi connectivity index (χ0n) is 18.3. The smallest absolute Gasteiger partial charge is 0.308 e. The van der Waals surface area contributed by atoms with Gasteiger partial charge >= 0.3 is 5.97 Å². The molecule has 5 nitrogen and oxygen atoms in total. The highest BCUT2D eigenvalue weighted by molar-refractivity contribution is 5.72. The van der Waals surface area contributed by atoms with Gasteiger partial charge in [-0.25, -0.2) is 0 Å². The monoisotopic (exact) mass is 406 g/mol. The summed E-state index contributed by atoms with van der Waals surface area (Å²) in [6.45, 7) is 8.37.